The molecule has 1 aliphatic rings. The molecule has 1 aliphatic heterocycles. The summed E-state index contributed by atoms with van der Waals surface area (Å²) in [6, 6.07) is 18.0. The topological polar surface area (TPSA) is 73.6 Å². The molecule has 1 heterocycles. The van der Waals surface area contributed by atoms with E-state index in [0.29, 0.717) is 19.7 Å². The van der Waals surface area contributed by atoms with Crippen LogP contribution in [0.1, 0.15) is 12.8 Å². The van der Waals surface area contributed by atoms with Gasteiger partial charge in [0.2, 0.25) is 5.91 Å². The third kappa shape index (κ3) is 4.59. The number of carbonyl (C=O) groups excluding carboxylic acids is 1. The number of benzene rings is 2. The van der Waals surface area contributed by atoms with Crippen LogP contribution in [0.3, 0.4) is 0 Å². The summed E-state index contributed by atoms with van der Waals surface area (Å²) in [4.78, 5) is 12.1. The molecule has 0 bridgehead atoms. The van der Waals surface area contributed by atoms with Crippen LogP contribution in [-0.2, 0) is 9.53 Å². The molecule has 0 radical (unpaired) electrons. The van der Waals surface area contributed by atoms with Gasteiger partial charge < -0.3 is 20.5 Å². The number of hydrogen-bond acceptors (Lipinski definition) is 4. The fourth-order valence-electron chi connectivity index (χ4n) is 2.97. The van der Waals surface area contributed by atoms with Gasteiger partial charge >= 0.3 is 0 Å². The molecule has 3 N–H and O–H groups in total. The summed E-state index contributed by atoms with van der Waals surface area (Å²) in [5, 5.41) is 2.87. The first-order chi connectivity index (χ1) is 12.3. The molecule has 3 rings (SSSR count). The fourth-order valence-corrected chi connectivity index (χ4v) is 2.97. The van der Waals surface area contributed by atoms with E-state index in [0.717, 1.165) is 29.7 Å². The molecule has 0 spiro atoms. The molecule has 5 heteroatoms. The Hall–Kier alpha value is -2.37. The fraction of sp³-hybridized carbons (Fsp3) is 0.350. The Morgan fingerprint density at radius 2 is 1.88 bits per heavy atom. The second-order valence-electron chi connectivity index (χ2n) is 6.06. The Labute approximate surface area is 148 Å². The highest BCUT2D eigenvalue weighted by atomic mass is 16.5. The normalized spacial score (nSPS) is 19.6. The summed E-state index contributed by atoms with van der Waals surface area (Å²) in [6.07, 6.45) is 1.19. The molecule has 2 aromatic rings. The first kappa shape index (κ1) is 17.5. The largest absolute Gasteiger partial charge is 0.491 e. The minimum Gasteiger partial charge on any atom is -0.491 e. The molecular weight excluding hydrogens is 316 g/mol. The first-order valence-electron chi connectivity index (χ1n) is 8.68. The third-order valence-corrected chi connectivity index (χ3v) is 4.29. The number of carbonyl (C=O) groups is 1. The van der Waals surface area contributed by atoms with Crippen molar-refractivity contribution in [2.24, 2.45) is 5.73 Å². The SMILES string of the molecule is NC[C@H]1CC[C@@H](C(=O)NCCOc2ccccc2-c2ccccc2)O1. The maximum absolute atomic E-state index is 12.1. The van der Waals surface area contributed by atoms with Crippen LogP contribution in [-0.4, -0.2) is 37.8 Å². The van der Waals surface area contributed by atoms with Gasteiger partial charge in [-0.15, -0.1) is 0 Å². The molecule has 1 fully saturated rings. The van der Waals surface area contributed by atoms with Gasteiger partial charge in [0.1, 0.15) is 18.5 Å². The number of nitrogens with two attached hydrogens (primary N) is 1. The van der Waals surface area contributed by atoms with E-state index in [2.05, 4.69) is 17.4 Å². The quantitative estimate of drug-likeness (QED) is 0.759. The molecule has 1 saturated heterocycles. The summed E-state index contributed by atoms with van der Waals surface area (Å²) >= 11 is 0. The lowest BCUT2D eigenvalue weighted by molar-refractivity contribution is -0.131. The Morgan fingerprint density at radius 1 is 1.12 bits per heavy atom. The zero-order valence-corrected chi connectivity index (χ0v) is 14.2. The molecule has 2 aromatic carbocycles. The number of rotatable bonds is 7. The van der Waals surface area contributed by atoms with Gasteiger partial charge in [-0.2, -0.15) is 0 Å². The molecule has 0 aromatic heterocycles. The minimum absolute atomic E-state index is 0.00440. The molecule has 2 atom stereocenters. The lowest BCUT2D eigenvalue weighted by atomic mass is 10.1. The number of amides is 1. The van der Waals surface area contributed by atoms with Crippen molar-refractivity contribution >= 4 is 5.91 Å². The number of para-hydroxylation sites is 1. The van der Waals surface area contributed by atoms with E-state index in [1.807, 2.05) is 42.5 Å². The van der Waals surface area contributed by atoms with Crippen molar-refractivity contribution in [3.05, 3.63) is 54.6 Å². The molecule has 5 nitrogen and oxygen atoms in total. The van der Waals surface area contributed by atoms with Gasteiger partial charge in [0.25, 0.3) is 0 Å². The first-order valence-corrected chi connectivity index (χ1v) is 8.68. The maximum atomic E-state index is 12.1. The molecular formula is C20H24N2O3. The Balaban J connectivity index is 1.49. The maximum Gasteiger partial charge on any atom is 0.249 e. The second kappa shape index (κ2) is 8.65. The smallest absolute Gasteiger partial charge is 0.249 e. The van der Waals surface area contributed by atoms with Gasteiger partial charge in [0, 0.05) is 12.1 Å². The Kier molecular flexibility index (Phi) is 6.04. The highest BCUT2D eigenvalue weighted by Crippen LogP contribution is 2.29. The molecule has 25 heavy (non-hydrogen) atoms. The van der Waals surface area contributed by atoms with Crippen LogP contribution in [0.2, 0.25) is 0 Å². The standard InChI is InChI=1S/C20H24N2O3/c21-14-16-10-11-19(25-16)20(23)22-12-13-24-18-9-5-4-8-17(18)15-6-2-1-3-7-15/h1-9,16,19H,10-14,21H2,(H,22,23)/t16-,19+/m1/s1. The summed E-state index contributed by atoms with van der Waals surface area (Å²) in [5.74, 6) is 0.721. The lowest BCUT2D eigenvalue weighted by Gasteiger charge is -2.14. The van der Waals surface area contributed by atoms with Gasteiger partial charge in [-0.1, -0.05) is 48.5 Å². The zero-order chi connectivity index (χ0) is 17.5. The van der Waals surface area contributed by atoms with E-state index in [1.54, 1.807) is 0 Å². The predicted octanol–water partition coefficient (Wildman–Crippen LogP) is 2.35. The molecule has 0 saturated carbocycles. The monoisotopic (exact) mass is 340 g/mol. The van der Waals surface area contributed by atoms with Crippen LogP contribution in [0.4, 0.5) is 0 Å². The van der Waals surface area contributed by atoms with Crippen LogP contribution in [0, 0.1) is 0 Å². The van der Waals surface area contributed by atoms with Crippen LogP contribution >= 0.6 is 0 Å². The lowest BCUT2D eigenvalue weighted by Crippen LogP contribution is -2.37. The van der Waals surface area contributed by atoms with Gasteiger partial charge in [0.15, 0.2) is 0 Å². The van der Waals surface area contributed by atoms with Gasteiger partial charge in [0.05, 0.1) is 12.6 Å². The summed E-state index contributed by atoms with van der Waals surface area (Å²) in [6.45, 7) is 1.31. The summed E-state index contributed by atoms with van der Waals surface area (Å²) in [7, 11) is 0. The van der Waals surface area contributed by atoms with E-state index in [4.69, 9.17) is 15.2 Å². The van der Waals surface area contributed by atoms with Crippen molar-refractivity contribution in [2.75, 3.05) is 19.7 Å². The Bertz CT molecular complexity index is 690. The zero-order valence-electron chi connectivity index (χ0n) is 14.2. The van der Waals surface area contributed by atoms with Crippen molar-refractivity contribution in [2.45, 2.75) is 25.0 Å². The highest BCUT2D eigenvalue weighted by Gasteiger charge is 2.29. The summed E-state index contributed by atoms with van der Waals surface area (Å²) in [5.41, 5.74) is 7.71. The number of ether oxygens (including phenoxy) is 2. The molecule has 132 valence electrons. The predicted molar refractivity (Wildman–Crippen MR) is 97.3 cm³/mol. The van der Waals surface area contributed by atoms with Crippen LogP contribution in [0.25, 0.3) is 11.1 Å². The number of nitrogens with one attached hydrogen (secondary N) is 1. The second-order valence-corrected chi connectivity index (χ2v) is 6.06. The van der Waals surface area contributed by atoms with Crippen molar-refractivity contribution < 1.29 is 14.3 Å². The highest BCUT2D eigenvalue weighted by molar-refractivity contribution is 5.81. The Morgan fingerprint density at radius 3 is 2.64 bits per heavy atom. The van der Waals surface area contributed by atoms with E-state index in [-0.39, 0.29) is 18.1 Å². The average molecular weight is 340 g/mol. The van der Waals surface area contributed by atoms with Crippen molar-refractivity contribution in [3.8, 4) is 16.9 Å². The van der Waals surface area contributed by atoms with E-state index in [1.165, 1.54) is 0 Å². The van der Waals surface area contributed by atoms with Gasteiger partial charge in [-0.25, -0.2) is 0 Å². The van der Waals surface area contributed by atoms with Crippen LogP contribution < -0.4 is 15.8 Å². The third-order valence-electron chi connectivity index (χ3n) is 4.29. The minimum atomic E-state index is -0.384. The van der Waals surface area contributed by atoms with Crippen molar-refractivity contribution in [1.82, 2.24) is 5.32 Å². The number of hydrogen-bond donors (Lipinski definition) is 2. The van der Waals surface area contributed by atoms with Crippen LogP contribution in [0.5, 0.6) is 5.75 Å². The van der Waals surface area contributed by atoms with Gasteiger partial charge in [-0.05, 0) is 24.5 Å². The molecule has 0 aliphatic carbocycles. The molecule has 1 amide bonds. The van der Waals surface area contributed by atoms with E-state index >= 15 is 0 Å². The van der Waals surface area contributed by atoms with E-state index < -0.39 is 0 Å². The van der Waals surface area contributed by atoms with E-state index in [9.17, 15) is 4.79 Å². The van der Waals surface area contributed by atoms with Crippen LogP contribution in [0.15, 0.2) is 54.6 Å². The molecule has 0 unspecified atom stereocenters. The average Bonchev–Trinajstić information content (AvgIpc) is 3.15. The van der Waals surface area contributed by atoms with Gasteiger partial charge in [-0.3, -0.25) is 4.79 Å². The van der Waals surface area contributed by atoms with Crippen molar-refractivity contribution in [3.63, 3.8) is 0 Å². The van der Waals surface area contributed by atoms with Crippen molar-refractivity contribution in [1.29, 1.82) is 0 Å². The summed E-state index contributed by atoms with van der Waals surface area (Å²) < 4.78 is 11.5.